The summed E-state index contributed by atoms with van der Waals surface area (Å²) in [4.78, 5) is 16.8. The van der Waals surface area contributed by atoms with Crippen LogP contribution in [0.4, 0.5) is 0 Å². The molecule has 2 aromatic rings. The smallest absolute Gasteiger partial charge is 0.246 e. The molecule has 3 rings (SSSR count). The lowest BCUT2D eigenvalue weighted by Gasteiger charge is -2.34. The molecule has 160 valence electrons. The van der Waals surface area contributed by atoms with E-state index in [-0.39, 0.29) is 11.7 Å². The Morgan fingerprint density at radius 3 is 2.27 bits per heavy atom. The Morgan fingerprint density at radius 2 is 1.67 bits per heavy atom. The van der Waals surface area contributed by atoms with Gasteiger partial charge in [-0.3, -0.25) is 9.69 Å². The van der Waals surface area contributed by atoms with Gasteiger partial charge in [-0.05, 0) is 41.5 Å². The Hall–Kier alpha value is -3.19. The van der Waals surface area contributed by atoms with Gasteiger partial charge in [0.1, 0.15) is 5.75 Å². The van der Waals surface area contributed by atoms with E-state index in [2.05, 4.69) is 11.0 Å². The van der Waals surface area contributed by atoms with Crippen LogP contribution in [0.1, 0.15) is 11.1 Å². The number of rotatable bonds is 7. The number of phenolic OH excluding ortho intramolecular Hbond substituents is 1. The maximum absolute atomic E-state index is 12.6. The predicted molar refractivity (Wildman–Crippen MR) is 115 cm³/mol. The van der Waals surface area contributed by atoms with Gasteiger partial charge >= 0.3 is 0 Å². The minimum Gasteiger partial charge on any atom is -0.502 e. The molecule has 0 aliphatic carbocycles. The normalized spacial score (nSPS) is 14.7. The first kappa shape index (κ1) is 21.5. The largest absolute Gasteiger partial charge is 0.502 e. The van der Waals surface area contributed by atoms with E-state index in [9.17, 15) is 9.90 Å². The van der Waals surface area contributed by atoms with E-state index in [4.69, 9.17) is 14.2 Å². The van der Waals surface area contributed by atoms with Crippen LogP contribution in [-0.4, -0.2) is 68.3 Å². The quantitative estimate of drug-likeness (QED) is 0.705. The highest BCUT2D eigenvalue weighted by molar-refractivity contribution is 5.92. The fourth-order valence-corrected chi connectivity index (χ4v) is 3.44. The zero-order valence-electron chi connectivity index (χ0n) is 17.6. The van der Waals surface area contributed by atoms with Crippen molar-refractivity contribution in [3.8, 4) is 23.0 Å². The van der Waals surface area contributed by atoms with Gasteiger partial charge in [-0.2, -0.15) is 0 Å². The average molecular weight is 412 g/mol. The summed E-state index contributed by atoms with van der Waals surface area (Å²) in [5.41, 5.74) is 1.91. The lowest BCUT2D eigenvalue weighted by atomic mass is 10.1. The van der Waals surface area contributed by atoms with Crippen LogP contribution >= 0.6 is 0 Å². The molecule has 0 saturated carbocycles. The zero-order valence-corrected chi connectivity index (χ0v) is 17.6. The molecule has 7 nitrogen and oxygen atoms in total. The Kier molecular flexibility index (Phi) is 7.19. The Labute approximate surface area is 177 Å². The molecule has 0 radical (unpaired) electrons. The van der Waals surface area contributed by atoms with Gasteiger partial charge < -0.3 is 24.2 Å². The second kappa shape index (κ2) is 10.0. The van der Waals surface area contributed by atoms with Gasteiger partial charge in [0.25, 0.3) is 0 Å². The fraction of sp³-hybridized carbons (Fsp3) is 0.348. The molecule has 7 heteroatoms. The van der Waals surface area contributed by atoms with Crippen molar-refractivity contribution in [1.82, 2.24) is 9.80 Å². The number of phenols is 1. The van der Waals surface area contributed by atoms with E-state index in [1.54, 1.807) is 31.4 Å². The minimum atomic E-state index is -0.0596. The molecule has 0 spiro atoms. The van der Waals surface area contributed by atoms with Crippen LogP contribution in [-0.2, 0) is 11.3 Å². The summed E-state index contributed by atoms with van der Waals surface area (Å²) in [5.74, 6) is 1.35. The molecular weight excluding hydrogens is 384 g/mol. The molecule has 1 aliphatic heterocycles. The van der Waals surface area contributed by atoms with Gasteiger partial charge in [-0.15, -0.1) is 0 Å². The maximum Gasteiger partial charge on any atom is 0.246 e. The average Bonchev–Trinajstić information content (AvgIpc) is 2.78. The highest BCUT2D eigenvalue weighted by atomic mass is 16.5. The zero-order chi connectivity index (χ0) is 21.5. The van der Waals surface area contributed by atoms with Crippen molar-refractivity contribution < 1.29 is 24.1 Å². The molecule has 0 atom stereocenters. The molecule has 0 unspecified atom stereocenters. The Bertz CT molecular complexity index is 879. The topological polar surface area (TPSA) is 71.5 Å². The van der Waals surface area contributed by atoms with Crippen molar-refractivity contribution in [3.05, 3.63) is 53.6 Å². The first-order valence-corrected chi connectivity index (χ1v) is 9.81. The fourth-order valence-electron chi connectivity index (χ4n) is 3.44. The van der Waals surface area contributed by atoms with Crippen molar-refractivity contribution in [1.29, 1.82) is 0 Å². The van der Waals surface area contributed by atoms with Crippen molar-refractivity contribution in [2.75, 3.05) is 47.5 Å². The molecule has 1 aliphatic rings. The van der Waals surface area contributed by atoms with E-state index in [1.807, 2.05) is 23.1 Å². The van der Waals surface area contributed by atoms with Crippen LogP contribution < -0.4 is 14.2 Å². The number of hydrogen-bond acceptors (Lipinski definition) is 6. The summed E-state index contributed by atoms with van der Waals surface area (Å²) in [6, 6.07) is 11.4. The van der Waals surface area contributed by atoms with E-state index in [1.165, 1.54) is 19.8 Å². The number of nitrogens with zero attached hydrogens (tertiary/aromatic N) is 2. The lowest BCUT2D eigenvalue weighted by Crippen LogP contribution is -2.47. The number of methoxy groups -OCH3 is 3. The predicted octanol–water partition coefficient (Wildman–Crippen LogP) is 2.78. The molecule has 30 heavy (non-hydrogen) atoms. The number of hydrogen-bond donors (Lipinski definition) is 1. The number of carbonyl (C=O) groups excluding carboxylic acids is 1. The van der Waals surface area contributed by atoms with E-state index < -0.39 is 0 Å². The van der Waals surface area contributed by atoms with Crippen LogP contribution in [0.15, 0.2) is 42.5 Å². The summed E-state index contributed by atoms with van der Waals surface area (Å²) >= 11 is 0. The van der Waals surface area contributed by atoms with E-state index >= 15 is 0 Å². The number of carbonyl (C=O) groups is 1. The second-order valence-electron chi connectivity index (χ2n) is 7.06. The number of amides is 1. The standard InChI is InChI=1S/C23H28N2O5/c1-28-19-6-4-5-18(13-19)16-24-9-11-25(12-10-24)22(26)8-7-17-14-20(29-2)23(27)21(15-17)30-3/h4-8,13-15,27H,9-12,16H2,1-3H3/b8-7-. The van der Waals surface area contributed by atoms with Crippen LogP contribution in [0.5, 0.6) is 23.0 Å². The second-order valence-corrected chi connectivity index (χ2v) is 7.06. The third kappa shape index (κ3) is 5.24. The molecule has 0 bridgehead atoms. The third-order valence-electron chi connectivity index (χ3n) is 5.14. The summed E-state index contributed by atoms with van der Waals surface area (Å²) in [7, 11) is 4.61. The monoisotopic (exact) mass is 412 g/mol. The Balaban J connectivity index is 1.56. The number of piperazine rings is 1. The van der Waals surface area contributed by atoms with E-state index in [0.29, 0.717) is 30.2 Å². The summed E-state index contributed by atoms with van der Waals surface area (Å²) in [6.45, 7) is 3.82. The molecule has 1 N–H and O–H groups in total. The van der Waals surface area contributed by atoms with Crippen molar-refractivity contribution >= 4 is 12.0 Å². The molecular formula is C23H28N2O5. The Morgan fingerprint density at radius 1 is 1.00 bits per heavy atom. The van der Waals surface area contributed by atoms with Crippen molar-refractivity contribution in [2.24, 2.45) is 0 Å². The van der Waals surface area contributed by atoms with Gasteiger partial charge in [-0.1, -0.05) is 12.1 Å². The first-order chi connectivity index (χ1) is 14.5. The minimum absolute atomic E-state index is 0.0398. The van der Waals surface area contributed by atoms with E-state index in [0.717, 1.165) is 25.4 Å². The highest BCUT2D eigenvalue weighted by Crippen LogP contribution is 2.37. The first-order valence-electron chi connectivity index (χ1n) is 9.81. The van der Waals surface area contributed by atoms with Crippen LogP contribution in [0.2, 0.25) is 0 Å². The molecule has 1 heterocycles. The molecule has 2 aromatic carbocycles. The SMILES string of the molecule is COc1cccc(CN2CCN(C(=O)/C=C\c3cc(OC)c(O)c(OC)c3)CC2)c1. The van der Waals surface area contributed by atoms with Gasteiger partial charge in [-0.25, -0.2) is 0 Å². The summed E-state index contributed by atoms with van der Waals surface area (Å²) < 4.78 is 15.6. The molecule has 1 saturated heterocycles. The number of ether oxygens (including phenoxy) is 3. The van der Waals surface area contributed by atoms with Crippen molar-refractivity contribution in [3.63, 3.8) is 0 Å². The van der Waals surface area contributed by atoms with Crippen LogP contribution in [0.3, 0.4) is 0 Å². The van der Waals surface area contributed by atoms with Crippen molar-refractivity contribution in [2.45, 2.75) is 6.54 Å². The van der Waals surface area contributed by atoms with Crippen LogP contribution in [0.25, 0.3) is 6.08 Å². The molecule has 1 fully saturated rings. The van der Waals surface area contributed by atoms with Gasteiger partial charge in [0.15, 0.2) is 11.5 Å². The summed E-state index contributed by atoms with van der Waals surface area (Å²) in [6.07, 6.45) is 3.25. The third-order valence-corrected chi connectivity index (χ3v) is 5.14. The van der Waals surface area contributed by atoms with Gasteiger partial charge in [0.2, 0.25) is 11.7 Å². The van der Waals surface area contributed by atoms with Gasteiger partial charge in [0.05, 0.1) is 21.3 Å². The molecule has 0 aromatic heterocycles. The molecule has 1 amide bonds. The van der Waals surface area contributed by atoms with Gasteiger partial charge in [0, 0.05) is 38.8 Å². The highest BCUT2D eigenvalue weighted by Gasteiger charge is 2.20. The maximum atomic E-state index is 12.6. The number of aromatic hydroxyl groups is 1. The van der Waals surface area contributed by atoms with Crippen LogP contribution in [0, 0.1) is 0 Å². The summed E-state index contributed by atoms with van der Waals surface area (Å²) in [5, 5.41) is 9.99. The lowest BCUT2D eigenvalue weighted by molar-refractivity contribution is -0.127. The number of benzene rings is 2.